The number of aryl methyl sites for hydroxylation is 1. The maximum Gasteiger partial charge on any atom is 0.160 e. The summed E-state index contributed by atoms with van der Waals surface area (Å²) in [7, 11) is 0. The Balaban J connectivity index is 1.90. The van der Waals surface area contributed by atoms with Crippen molar-refractivity contribution in [3.63, 3.8) is 0 Å². The summed E-state index contributed by atoms with van der Waals surface area (Å²) in [6.07, 6.45) is 9.89. The molecule has 4 heteroatoms. The molecule has 1 aliphatic carbocycles. The van der Waals surface area contributed by atoms with E-state index in [0.717, 1.165) is 33.8 Å². The van der Waals surface area contributed by atoms with Crippen LogP contribution in [0.15, 0.2) is 35.6 Å². The molecule has 0 N–H and O–H groups in total. The maximum absolute atomic E-state index is 4.74. The minimum Gasteiger partial charge on any atom is -0.265 e. The molecule has 1 fully saturated rings. The molecule has 3 nitrogen and oxygen atoms in total. The third-order valence-corrected chi connectivity index (χ3v) is 4.90. The summed E-state index contributed by atoms with van der Waals surface area (Å²) in [6.45, 7) is 2.14. The molecule has 2 aromatic rings. The fourth-order valence-corrected chi connectivity index (χ4v) is 3.77. The second kappa shape index (κ2) is 6.35. The van der Waals surface area contributed by atoms with Gasteiger partial charge in [-0.1, -0.05) is 19.8 Å². The number of thioether (sulfide) groups is 1. The number of aromatic nitrogens is 3. The molecule has 2 aromatic heterocycles. The predicted octanol–water partition coefficient (Wildman–Crippen LogP) is 4.14. The van der Waals surface area contributed by atoms with Gasteiger partial charge in [0, 0.05) is 28.9 Å². The van der Waals surface area contributed by atoms with Gasteiger partial charge in [0.25, 0.3) is 0 Å². The molecule has 0 bridgehead atoms. The molecule has 0 aromatic carbocycles. The second-order valence-electron chi connectivity index (χ2n) is 5.13. The molecule has 0 unspecified atom stereocenters. The number of hydrogen-bond acceptors (Lipinski definition) is 4. The molecule has 0 spiro atoms. The summed E-state index contributed by atoms with van der Waals surface area (Å²) in [5.74, 6) is 0.826. The summed E-state index contributed by atoms with van der Waals surface area (Å²) in [5.41, 5.74) is 2.16. The molecule has 0 saturated heterocycles. The zero-order valence-corrected chi connectivity index (χ0v) is 12.6. The van der Waals surface area contributed by atoms with Crippen LogP contribution in [0.3, 0.4) is 0 Å². The van der Waals surface area contributed by atoms with E-state index in [9.17, 15) is 0 Å². The standard InChI is InChI=1S/C16H19N3S/c1-2-13-11-15(20-14-5-3-4-6-14)19-16(18-13)12-7-9-17-10-8-12/h7-11,14H,2-6H2,1H3. The van der Waals surface area contributed by atoms with E-state index in [4.69, 9.17) is 4.98 Å². The van der Waals surface area contributed by atoms with Gasteiger partial charge in [0.05, 0.1) is 0 Å². The monoisotopic (exact) mass is 285 g/mol. The number of hydrogen-bond donors (Lipinski definition) is 0. The first-order valence-electron chi connectivity index (χ1n) is 7.30. The molecule has 0 atom stereocenters. The molecular weight excluding hydrogens is 266 g/mol. The van der Waals surface area contributed by atoms with Crippen molar-refractivity contribution in [3.05, 3.63) is 36.3 Å². The van der Waals surface area contributed by atoms with Crippen LogP contribution in [0.2, 0.25) is 0 Å². The predicted molar refractivity (Wildman–Crippen MR) is 82.8 cm³/mol. The minimum atomic E-state index is 0.736. The Bertz CT molecular complexity index is 565. The van der Waals surface area contributed by atoms with Gasteiger partial charge in [0.2, 0.25) is 0 Å². The lowest BCUT2D eigenvalue weighted by molar-refractivity contribution is 0.886. The zero-order valence-electron chi connectivity index (χ0n) is 11.7. The Morgan fingerprint density at radius 1 is 1.15 bits per heavy atom. The molecule has 3 rings (SSSR count). The van der Waals surface area contributed by atoms with Crippen LogP contribution < -0.4 is 0 Å². The van der Waals surface area contributed by atoms with Gasteiger partial charge < -0.3 is 0 Å². The van der Waals surface area contributed by atoms with Gasteiger partial charge in [-0.3, -0.25) is 4.98 Å². The lowest BCUT2D eigenvalue weighted by Crippen LogP contribution is -2.00. The van der Waals surface area contributed by atoms with Crippen molar-refractivity contribution < 1.29 is 0 Å². The van der Waals surface area contributed by atoms with Gasteiger partial charge in [0.15, 0.2) is 5.82 Å². The third kappa shape index (κ3) is 3.18. The first kappa shape index (κ1) is 13.6. The molecule has 0 radical (unpaired) electrons. The molecule has 0 aliphatic heterocycles. The van der Waals surface area contributed by atoms with Crippen LogP contribution in [0.25, 0.3) is 11.4 Å². The van der Waals surface area contributed by atoms with Gasteiger partial charge in [-0.05, 0) is 37.5 Å². The Labute approximate surface area is 124 Å². The van der Waals surface area contributed by atoms with Crippen molar-refractivity contribution in [2.45, 2.75) is 49.3 Å². The van der Waals surface area contributed by atoms with E-state index in [2.05, 4.69) is 23.0 Å². The fourth-order valence-electron chi connectivity index (χ4n) is 2.52. The third-order valence-electron chi connectivity index (χ3n) is 3.65. The summed E-state index contributed by atoms with van der Waals surface area (Å²) >= 11 is 1.92. The topological polar surface area (TPSA) is 38.7 Å². The van der Waals surface area contributed by atoms with E-state index in [0.29, 0.717) is 0 Å². The molecule has 20 heavy (non-hydrogen) atoms. The van der Waals surface area contributed by atoms with Crippen LogP contribution in [0.1, 0.15) is 38.3 Å². The molecule has 2 heterocycles. The highest BCUT2D eigenvalue weighted by Gasteiger charge is 2.17. The maximum atomic E-state index is 4.74. The van der Waals surface area contributed by atoms with Crippen molar-refractivity contribution in [1.29, 1.82) is 0 Å². The van der Waals surface area contributed by atoms with E-state index in [-0.39, 0.29) is 0 Å². The molecule has 1 saturated carbocycles. The smallest absolute Gasteiger partial charge is 0.160 e. The average Bonchev–Trinajstić information content (AvgIpc) is 3.00. The molecular formula is C16H19N3S. The van der Waals surface area contributed by atoms with Crippen molar-refractivity contribution in [2.24, 2.45) is 0 Å². The van der Waals surface area contributed by atoms with Gasteiger partial charge in [-0.15, -0.1) is 11.8 Å². The fraction of sp³-hybridized carbons (Fsp3) is 0.438. The molecule has 104 valence electrons. The normalized spacial score (nSPS) is 15.7. The minimum absolute atomic E-state index is 0.736. The summed E-state index contributed by atoms with van der Waals surface area (Å²) in [5, 5.41) is 1.86. The van der Waals surface area contributed by atoms with Crippen molar-refractivity contribution in [1.82, 2.24) is 15.0 Å². The molecule has 0 amide bonds. The van der Waals surface area contributed by atoms with E-state index in [1.807, 2.05) is 23.9 Å². The second-order valence-corrected chi connectivity index (χ2v) is 6.46. The van der Waals surface area contributed by atoms with Crippen molar-refractivity contribution >= 4 is 11.8 Å². The highest BCUT2D eigenvalue weighted by Crippen LogP contribution is 2.34. The van der Waals surface area contributed by atoms with Gasteiger partial charge in [-0.2, -0.15) is 0 Å². The van der Waals surface area contributed by atoms with Crippen LogP contribution >= 0.6 is 11.8 Å². The Kier molecular flexibility index (Phi) is 4.31. The Morgan fingerprint density at radius 2 is 1.90 bits per heavy atom. The Morgan fingerprint density at radius 3 is 2.60 bits per heavy atom. The van der Waals surface area contributed by atoms with Gasteiger partial charge >= 0.3 is 0 Å². The highest BCUT2D eigenvalue weighted by molar-refractivity contribution is 7.99. The SMILES string of the molecule is CCc1cc(SC2CCCC2)nc(-c2ccncc2)n1. The van der Waals surface area contributed by atoms with E-state index >= 15 is 0 Å². The number of nitrogens with zero attached hydrogens (tertiary/aromatic N) is 3. The van der Waals surface area contributed by atoms with Crippen LogP contribution in [0.4, 0.5) is 0 Å². The molecule has 1 aliphatic rings. The van der Waals surface area contributed by atoms with Gasteiger partial charge in [0.1, 0.15) is 5.03 Å². The van der Waals surface area contributed by atoms with Crippen LogP contribution in [0, 0.1) is 0 Å². The largest absolute Gasteiger partial charge is 0.265 e. The summed E-state index contributed by atoms with van der Waals surface area (Å²) in [6, 6.07) is 6.09. The van der Waals surface area contributed by atoms with E-state index in [1.165, 1.54) is 25.7 Å². The number of rotatable bonds is 4. The Hall–Kier alpha value is -1.42. The van der Waals surface area contributed by atoms with Gasteiger partial charge in [-0.25, -0.2) is 9.97 Å². The highest BCUT2D eigenvalue weighted by atomic mass is 32.2. The average molecular weight is 285 g/mol. The first-order chi connectivity index (χ1) is 9.85. The lowest BCUT2D eigenvalue weighted by atomic mass is 10.2. The zero-order chi connectivity index (χ0) is 13.8. The van der Waals surface area contributed by atoms with Crippen molar-refractivity contribution in [2.75, 3.05) is 0 Å². The quantitative estimate of drug-likeness (QED) is 0.792. The lowest BCUT2D eigenvalue weighted by Gasteiger charge is -2.10. The van der Waals surface area contributed by atoms with Crippen LogP contribution in [0.5, 0.6) is 0 Å². The van der Waals surface area contributed by atoms with Crippen molar-refractivity contribution in [3.8, 4) is 11.4 Å². The first-order valence-corrected chi connectivity index (χ1v) is 8.18. The van der Waals surface area contributed by atoms with E-state index in [1.54, 1.807) is 12.4 Å². The number of pyridine rings is 1. The summed E-state index contributed by atoms with van der Waals surface area (Å²) < 4.78 is 0. The summed E-state index contributed by atoms with van der Waals surface area (Å²) in [4.78, 5) is 13.4. The van der Waals surface area contributed by atoms with E-state index < -0.39 is 0 Å². The van der Waals surface area contributed by atoms with Crippen LogP contribution in [-0.4, -0.2) is 20.2 Å². The van der Waals surface area contributed by atoms with Crippen LogP contribution in [-0.2, 0) is 6.42 Å².